The molecule has 1 aliphatic rings. The first kappa shape index (κ1) is 26.6. The molecule has 198 valence electrons. The third-order valence-corrected chi connectivity index (χ3v) is 7.38. The largest absolute Gasteiger partial charge is 0.491 e. The zero-order chi connectivity index (χ0) is 26.4. The van der Waals surface area contributed by atoms with Gasteiger partial charge >= 0.3 is 0 Å². The molecule has 12 nitrogen and oxygen atoms in total. The van der Waals surface area contributed by atoms with Crippen LogP contribution in [0.2, 0.25) is 0 Å². The highest BCUT2D eigenvalue weighted by molar-refractivity contribution is 7.88. The lowest BCUT2D eigenvalue weighted by Gasteiger charge is -2.29. The highest BCUT2D eigenvalue weighted by Gasteiger charge is 2.25. The second-order valence-corrected chi connectivity index (χ2v) is 11.0. The van der Waals surface area contributed by atoms with Crippen LogP contribution in [0.3, 0.4) is 0 Å². The number of tetrazole rings is 1. The number of aromatic nitrogens is 5. The van der Waals surface area contributed by atoms with E-state index < -0.39 is 10.0 Å². The van der Waals surface area contributed by atoms with E-state index in [1.807, 2.05) is 12.1 Å². The van der Waals surface area contributed by atoms with Crippen LogP contribution in [0.5, 0.6) is 5.75 Å². The van der Waals surface area contributed by atoms with E-state index in [1.54, 1.807) is 31.2 Å². The fourth-order valence-corrected chi connectivity index (χ4v) is 5.06. The van der Waals surface area contributed by atoms with Crippen LogP contribution in [0, 0.1) is 12.8 Å². The number of pyridine rings is 1. The molecule has 0 aliphatic carbocycles. The van der Waals surface area contributed by atoms with Crippen LogP contribution in [0.4, 0.5) is 0 Å². The lowest BCUT2D eigenvalue weighted by Crippen LogP contribution is -2.38. The number of aliphatic hydroxyl groups excluding tert-OH is 1. The lowest BCUT2D eigenvalue weighted by molar-refractivity contribution is 0.0945. The number of carbonyl (C=O) groups excluding carboxylic acids is 1. The summed E-state index contributed by atoms with van der Waals surface area (Å²) in [4.78, 5) is 18.7. The number of nitrogens with one attached hydrogen (secondary N) is 1. The molecule has 0 atom stereocenters. The first-order valence-electron chi connectivity index (χ1n) is 12.0. The van der Waals surface area contributed by atoms with Crippen molar-refractivity contribution in [3.63, 3.8) is 0 Å². The number of nitrogens with zero attached hydrogens (tertiary/aromatic N) is 6. The van der Waals surface area contributed by atoms with Crippen LogP contribution in [0.15, 0.2) is 36.4 Å². The van der Waals surface area contributed by atoms with E-state index in [4.69, 9.17) is 9.84 Å². The van der Waals surface area contributed by atoms with Gasteiger partial charge in [0, 0.05) is 30.9 Å². The Hall–Kier alpha value is -3.42. The van der Waals surface area contributed by atoms with Crippen molar-refractivity contribution in [3.8, 4) is 17.1 Å². The number of amides is 1. The van der Waals surface area contributed by atoms with Crippen molar-refractivity contribution in [2.75, 3.05) is 32.6 Å². The molecular weight excluding hydrogens is 498 g/mol. The molecule has 1 aliphatic heterocycles. The number of ether oxygens (including phenoxy) is 1. The van der Waals surface area contributed by atoms with Gasteiger partial charge in [0.25, 0.3) is 5.91 Å². The van der Waals surface area contributed by atoms with Crippen LogP contribution in [-0.4, -0.2) is 81.5 Å². The Morgan fingerprint density at radius 2 is 2.00 bits per heavy atom. The van der Waals surface area contributed by atoms with E-state index >= 15 is 0 Å². The summed E-state index contributed by atoms with van der Waals surface area (Å²) < 4.78 is 30.3. The second kappa shape index (κ2) is 11.8. The molecule has 3 aromatic rings. The Morgan fingerprint density at radius 3 is 2.73 bits per heavy atom. The number of sulfonamides is 1. The quantitative estimate of drug-likeness (QED) is 0.392. The van der Waals surface area contributed by atoms with Crippen molar-refractivity contribution in [3.05, 3.63) is 53.3 Å². The van der Waals surface area contributed by atoms with Gasteiger partial charge in [-0.15, -0.1) is 10.2 Å². The second-order valence-electron chi connectivity index (χ2n) is 9.06. The van der Waals surface area contributed by atoms with E-state index in [0.717, 1.165) is 18.4 Å². The SMILES string of the molecule is Cc1cc(-c2nnn(CC3CCN(S(C)(=O)=O)CC3)n2)cc(C(=O)NCc2cccc(OCCO)c2)n1. The summed E-state index contributed by atoms with van der Waals surface area (Å²) in [6, 6.07) is 10.7. The zero-order valence-corrected chi connectivity index (χ0v) is 21.7. The Morgan fingerprint density at radius 1 is 1.22 bits per heavy atom. The van der Waals surface area contributed by atoms with Gasteiger partial charge in [-0.1, -0.05) is 12.1 Å². The average Bonchev–Trinajstić information content (AvgIpc) is 3.34. The molecule has 3 heterocycles. The van der Waals surface area contributed by atoms with Gasteiger partial charge in [-0.25, -0.2) is 17.7 Å². The Labute approximate surface area is 215 Å². The van der Waals surface area contributed by atoms with E-state index in [1.165, 1.54) is 15.4 Å². The number of rotatable bonds is 10. The van der Waals surface area contributed by atoms with Gasteiger partial charge in [0.15, 0.2) is 0 Å². The fourth-order valence-electron chi connectivity index (χ4n) is 4.19. The monoisotopic (exact) mass is 529 g/mol. The topological polar surface area (TPSA) is 152 Å². The van der Waals surface area contributed by atoms with Crippen molar-refractivity contribution in [2.24, 2.45) is 5.92 Å². The van der Waals surface area contributed by atoms with Gasteiger partial charge in [0.2, 0.25) is 15.8 Å². The van der Waals surface area contributed by atoms with Gasteiger partial charge in [0.1, 0.15) is 18.1 Å². The molecule has 37 heavy (non-hydrogen) atoms. The highest BCUT2D eigenvalue weighted by atomic mass is 32.2. The summed E-state index contributed by atoms with van der Waals surface area (Å²) in [7, 11) is -3.16. The van der Waals surface area contributed by atoms with E-state index in [-0.39, 0.29) is 37.3 Å². The van der Waals surface area contributed by atoms with Crippen molar-refractivity contribution >= 4 is 15.9 Å². The van der Waals surface area contributed by atoms with E-state index in [9.17, 15) is 13.2 Å². The standard InChI is InChI=1S/C24H31N7O5S/c1-17-12-20(23-27-29-31(28-23)16-18-6-8-30(9-7-18)37(2,34)35)14-22(26-17)24(33)25-15-19-4-3-5-21(13-19)36-11-10-32/h3-5,12-14,18,32H,6-11,15-16H2,1-2H3,(H,25,33). The van der Waals surface area contributed by atoms with E-state index in [0.29, 0.717) is 42.5 Å². The van der Waals surface area contributed by atoms with Crippen LogP contribution in [-0.2, 0) is 23.1 Å². The van der Waals surface area contributed by atoms with Gasteiger partial charge < -0.3 is 15.2 Å². The summed E-state index contributed by atoms with van der Waals surface area (Å²) in [6.07, 6.45) is 2.70. The molecule has 0 spiro atoms. The number of hydrogen-bond donors (Lipinski definition) is 2. The lowest BCUT2D eigenvalue weighted by atomic mass is 9.98. The minimum atomic E-state index is -3.16. The average molecular weight is 530 g/mol. The molecule has 2 aromatic heterocycles. The number of benzene rings is 1. The van der Waals surface area contributed by atoms with Crippen molar-refractivity contribution < 1.29 is 23.1 Å². The smallest absolute Gasteiger partial charge is 0.270 e. The molecular formula is C24H31N7O5S. The van der Waals surface area contributed by atoms with Crippen LogP contribution in [0.25, 0.3) is 11.4 Å². The van der Waals surface area contributed by atoms with Crippen molar-refractivity contribution in [1.82, 2.24) is 34.8 Å². The molecule has 1 fully saturated rings. The molecule has 0 bridgehead atoms. The van der Waals surface area contributed by atoms with Crippen LogP contribution >= 0.6 is 0 Å². The molecule has 1 saturated heterocycles. The molecule has 1 aromatic carbocycles. The van der Waals surface area contributed by atoms with Gasteiger partial charge in [-0.3, -0.25) is 4.79 Å². The maximum Gasteiger partial charge on any atom is 0.270 e. The molecule has 0 unspecified atom stereocenters. The number of carbonyl (C=O) groups is 1. The zero-order valence-electron chi connectivity index (χ0n) is 20.9. The Bertz CT molecular complexity index is 1340. The summed E-state index contributed by atoms with van der Waals surface area (Å²) in [5.41, 5.74) is 2.37. The first-order valence-corrected chi connectivity index (χ1v) is 13.9. The minimum Gasteiger partial charge on any atom is -0.491 e. The minimum absolute atomic E-state index is 0.0738. The summed E-state index contributed by atoms with van der Waals surface area (Å²) in [6.45, 7) is 3.74. The molecule has 13 heteroatoms. The number of aryl methyl sites for hydroxylation is 1. The van der Waals surface area contributed by atoms with E-state index in [2.05, 4.69) is 25.7 Å². The summed E-state index contributed by atoms with van der Waals surface area (Å²) >= 11 is 0. The Kier molecular flexibility index (Phi) is 8.46. The predicted molar refractivity (Wildman–Crippen MR) is 135 cm³/mol. The Balaban J connectivity index is 1.38. The third-order valence-electron chi connectivity index (χ3n) is 6.07. The maximum atomic E-state index is 12.8. The molecule has 2 N–H and O–H groups in total. The number of piperidine rings is 1. The molecule has 0 radical (unpaired) electrons. The summed E-state index contributed by atoms with van der Waals surface area (Å²) in [5.74, 6) is 0.929. The van der Waals surface area contributed by atoms with Crippen LogP contribution in [0.1, 0.15) is 34.6 Å². The number of aliphatic hydroxyl groups is 1. The maximum absolute atomic E-state index is 12.8. The highest BCUT2D eigenvalue weighted by Crippen LogP contribution is 2.21. The normalized spacial score (nSPS) is 15.0. The molecule has 4 rings (SSSR count). The van der Waals surface area contributed by atoms with Crippen molar-refractivity contribution in [2.45, 2.75) is 32.9 Å². The third kappa shape index (κ3) is 7.31. The van der Waals surface area contributed by atoms with Crippen LogP contribution < -0.4 is 10.1 Å². The van der Waals surface area contributed by atoms with Gasteiger partial charge in [-0.05, 0) is 60.7 Å². The number of hydrogen-bond acceptors (Lipinski definition) is 9. The summed E-state index contributed by atoms with van der Waals surface area (Å²) in [5, 5.41) is 24.6. The molecule has 1 amide bonds. The van der Waals surface area contributed by atoms with Gasteiger partial charge in [0.05, 0.1) is 19.4 Å². The van der Waals surface area contributed by atoms with Crippen molar-refractivity contribution in [1.29, 1.82) is 0 Å². The molecule has 0 saturated carbocycles. The van der Waals surface area contributed by atoms with Gasteiger partial charge in [-0.2, -0.15) is 4.80 Å². The fraction of sp³-hybridized carbons (Fsp3) is 0.458. The first-order chi connectivity index (χ1) is 17.7. The predicted octanol–water partition coefficient (Wildman–Crippen LogP) is 1.02.